The fourth-order valence-corrected chi connectivity index (χ4v) is 1.59. The standard InChI is InChI=1S/C12H10BrN/c13-8-2-1-4-10-5-3-6-11-7-9-14-12(10)11/h3,5-7,9,14H,2,8H2. The van der Waals surface area contributed by atoms with Crippen LogP contribution < -0.4 is 0 Å². The number of aromatic amines is 1. The van der Waals surface area contributed by atoms with Crippen LogP contribution in [0.1, 0.15) is 12.0 Å². The Hall–Kier alpha value is -1.20. The molecule has 0 unspecified atom stereocenters. The van der Waals surface area contributed by atoms with Crippen LogP contribution in [0.3, 0.4) is 0 Å². The zero-order valence-corrected chi connectivity index (χ0v) is 9.26. The first kappa shape index (κ1) is 9.36. The van der Waals surface area contributed by atoms with E-state index in [1.54, 1.807) is 0 Å². The molecular weight excluding hydrogens is 238 g/mol. The van der Waals surface area contributed by atoms with Gasteiger partial charge in [0.1, 0.15) is 0 Å². The topological polar surface area (TPSA) is 15.8 Å². The van der Waals surface area contributed by atoms with Crippen molar-refractivity contribution >= 4 is 26.8 Å². The lowest BCUT2D eigenvalue weighted by Crippen LogP contribution is -1.77. The summed E-state index contributed by atoms with van der Waals surface area (Å²) in [6, 6.07) is 8.22. The van der Waals surface area contributed by atoms with Crippen molar-refractivity contribution in [3.63, 3.8) is 0 Å². The van der Waals surface area contributed by atoms with Gasteiger partial charge in [0.2, 0.25) is 0 Å². The maximum absolute atomic E-state index is 3.35. The van der Waals surface area contributed by atoms with Crippen molar-refractivity contribution in [3.8, 4) is 11.8 Å². The number of benzene rings is 1. The lowest BCUT2D eigenvalue weighted by molar-refractivity contribution is 1.32. The van der Waals surface area contributed by atoms with Crippen LogP contribution in [-0.4, -0.2) is 10.3 Å². The Morgan fingerprint density at radius 3 is 3.07 bits per heavy atom. The highest BCUT2D eigenvalue weighted by atomic mass is 79.9. The number of H-pyrrole nitrogens is 1. The third-order valence-corrected chi connectivity index (χ3v) is 2.43. The third-order valence-electron chi connectivity index (χ3n) is 2.03. The molecule has 0 amide bonds. The summed E-state index contributed by atoms with van der Waals surface area (Å²) in [4.78, 5) is 3.20. The molecule has 1 heterocycles. The molecule has 2 heteroatoms. The van der Waals surface area contributed by atoms with Gasteiger partial charge >= 0.3 is 0 Å². The van der Waals surface area contributed by atoms with Gasteiger partial charge in [0.25, 0.3) is 0 Å². The quantitative estimate of drug-likeness (QED) is 0.588. The van der Waals surface area contributed by atoms with E-state index in [1.165, 1.54) is 5.39 Å². The van der Waals surface area contributed by atoms with Gasteiger partial charge in [-0.25, -0.2) is 0 Å². The molecule has 0 bridgehead atoms. The van der Waals surface area contributed by atoms with Gasteiger partial charge in [0, 0.05) is 28.9 Å². The molecule has 1 aromatic heterocycles. The molecular formula is C12H10BrN. The van der Waals surface area contributed by atoms with Gasteiger partial charge in [0.15, 0.2) is 0 Å². The Bertz CT molecular complexity index is 487. The van der Waals surface area contributed by atoms with Crippen molar-refractivity contribution in [1.82, 2.24) is 4.98 Å². The molecule has 14 heavy (non-hydrogen) atoms. The highest BCUT2D eigenvalue weighted by Gasteiger charge is 1.96. The molecule has 1 aromatic carbocycles. The molecule has 0 aliphatic heterocycles. The summed E-state index contributed by atoms with van der Waals surface area (Å²) in [5.74, 6) is 6.28. The van der Waals surface area contributed by atoms with E-state index in [4.69, 9.17) is 0 Å². The van der Waals surface area contributed by atoms with E-state index in [-0.39, 0.29) is 0 Å². The van der Waals surface area contributed by atoms with Crippen molar-refractivity contribution in [2.75, 3.05) is 5.33 Å². The van der Waals surface area contributed by atoms with Gasteiger partial charge in [0.05, 0.1) is 5.52 Å². The van der Waals surface area contributed by atoms with Crippen LogP contribution in [-0.2, 0) is 0 Å². The number of alkyl halides is 1. The van der Waals surface area contributed by atoms with E-state index >= 15 is 0 Å². The van der Waals surface area contributed by atoms with Gasteiger partial charge in [-0.05, 0) is 12.1 Å². The molecule has 0 fully saturated rings. The van der Waals surface area contributed by atoms with Crippen molar-refractivity contribution in [2.24, 2.45) is 0 Å². The Balaban J connectivity index is 2.43. The van der Waals surface area contributed by atoms with E-state index in [2.05, 4.69) is 44.9 Å². The van der Waals surface area contributed by atoms with Gasteiger partial charge < -0.3 is 4.98 Å². The summed E-state index contributed by atoms with van der Waals surface area (Å²) in [6.45, 7) is 0. The summed E-state index contributed by atoms with van der Waals surface area (Å²) in [5.41, 5.74) is 2.21. The zero-order chi connectivity index (χ0) is 9.80. The lowest BCUT2D eigenvalue weighted by Gasteiger charge is -1.93. The molecule has 70 valence electrons. The Morgan fingerprint density at radius 2 is 2.21 bits per heavy atom. The first-order valence-electron chi connectivity index (χ1n) is 4.53. The number of hydrogen-bond acceptors (Lipinski definition) is 0. The summed E-state index contributed by atoms with van der Waals surface area (Å²) in [6.07, 6.45) is 2.83. The van der Waals surface area contributed by atoms with Crippen molar-refractivity contribution in [2.45, 2.75) is 6.42 Å². The maximum atomic E-state index is 3.35. The van der Waals surface area contributed by atoms with Gasteiger partial charge in [-0.15, -0.1) is 0 Å². The van der Waals surface area contributed by atoms with Gasteiger partial charge in [-0.2, -0.15) is 0 Å². The molecule has 0 spiro atoms. The molecule has 2 aromatic rings. The van der Waals surface area contributed by atoms with Crippen LogP contribution in [0.15, 0.2) is 30.5 Å². The number of para-hydroxylation sites is 1. The molecule has 0 saturated heterocycles. The van der Waals surface area contributed by atoms with Gasteiger partial charge in [-0.1, -0.05) is 39.9 Å². The molecule has 1 nitrogen and oxygen atoms in total. The number of halogens is 1. The van der Waals surface area contributed by atoms with E-state index in [9.17, 15) is 0 Å². The van der Waals surface area contributed by atoms with Crippen LogP contribution >= 0.6 is 15.9 Å². The van der Waals surface area contributed by atoms with E-state index in [1.807, 2.05) is 18.3 Å². The summed E-state index contributed by atoms with van der Waals surface area (Å²) < 4.78 is 0. The minimum atomic E-state index is 0.886. The first-order chi connectivity index (χ1) is 6.92. The highest BCUT2D eigenvalue weighted by Crippen LogP contribution is 2.15. The summed E-state index contributed by atoms with van der Waals surface area (Å²) in [7, 11) is 0. The Labute approximate surface area is 91.6 Å². The predicted octanol–water partition coefficient (Wildman–Crippen LogP) is 3.30. The average Bonchev–Trinajstić information content (AvgIpc) is 2.67. The van der Waals surface area contributed by atoms with Crippen molar-refractivity contribution in [1.29, 1.82) is 0 Å². The smallest absolute Gasteiger partial charge is 0.0612 e. The fraction of sp³-hybridized carbons (Fsp3) is 0.167. The minimum Gasteiger partial charge on any atom is -0.360 e. The molecule has 2 rings (SSSR count). The monoisotopic (exact) mass is 247 g/mol. The second-order valence-corrected chi connectivity index (χ2v) is 3.78. The second-order valence-electron chi connectivity index (χ2n) is 2.99. The van der Waals surface area contributed by atoms with Gasteiger partial charge in [-0.3, -0.25) is 0 Å². The molecule has 0 aliphatic carbocycles. The van der Waals surface area contributed by atoms with Crippen LogP contribution in [0.4, 0.5) is 0 Å². The summed E-state index contributed by atoms with van der Waals surface area (Å²) in [5, 5.41) is 2.15. The minimum absolute atomic E-state index is 0.886. The summed E-state index contributed by atoms with van der Waals surface area (Å²) >= 11 is 3.35. The zero-order valence-electron chi connectivity index (χ0n) is 7.68. The normalized spacial score (nSPS) is 9.79. The van der Waals surface area contributed by atoms with Crippen LogP contribution in [0.25, 0.3) is 10.9 Å². The van der Waals surface area contributed by atoms with Crippen molar-refractivity contribution < 1.29 is 0 Å². The number of hydrogen-bond donors (Lipinski definition) is 1. The largest absolute Gasteiger partial charge is 0.360 e. The third kappa shape index (κ3) is 1.83. The second kappa shape index (κ2) is 4.34. The maximum Gasteiger partial charge on any atom is 0.0612 e. The van der Waals surface area contributed by atoms with E-state index in [0.29, 0.717) is 0 Å². The molecule has 0 radical (unpaired) electrons. The highest BCUT2D eigenvalue weighted by molar-refractivity contribution is 9.09. The van der Waals surface area contributed by atoms with E-state index < -0.39 is 0 Å². The average molecular weight is 248 g/mol. The molecule has 0 atom stereocenters. The fourth-order valence-electron chi connectivity index (χ4n) is 1.39. The van der Waals surface area contributed by atoms with Crippen molar-refractivity contribution in [3.05, 3.63) is 36.0 Å². The lowest BCUT2D eigenvalue weighted by atomic mass is 10.1. The number of fused-ring (bicyclic) bond motifs is 1. The number of nitrogens with one attached hydrogen (secondary N) is 1. The predicted molar refractivity (Wildman–Crippen MR) is 63.6 cm³/mol. The van der Waals surface area contributed by atoms with Crippen LogP contribution in [0.2, 0.25) is 0 Å². The molecule has 0 aliphatic rings. The van der Waals surface area contributed by atoms with Crippen LogP contribution in [0.5, 0.6) is 0 Å². The molecule has 0 saturated carbocycles. The number of rotatable bonds is 1. The first-order valence-corrected chi connectivity index (χ1v) is 5.65. The SMILES string of the molecule is BrCCC#Cc1cccc2cc[nH]c12. The van der Waals surface area contributed by atoms with Crippen LogP contribution in [0, 0.1) is 11.8 Å². The Kier molecular flexibility index (Phi) is 2.90. The number of aromatic nitrogens is 1. The van der Waals surface area contributed by atoms with E-state index in [0.717, 1.165) is 22.8 Å². The Morgan fingerprint density at radius 1 is 1.29 bits per heavy atom. The molecule has 1 N–H and O–H groups in total.